The minimum atomic E-state index is -0.630. The number of rotatable bonds is 0. The molecule has 0 saturated carbocycles. The molecule has 2 nitrogen and oxygen atoms in total. The van der Waals surface area contributed by atoms with Crippen LogP contribution in [0.2, 0.25) is 0 Å². The molecule has 0 spiro atoms. The van der Waals surface area contributed by atoms with Crippen molar-refractivity contribution in [1.82, 2.24) is 4.98 Å². The number of halogens is 2. The molecule has 16 heavy (non-hydrogen) atoms. The first-order chi connectivity index (χ1) is 7.66. The number of nitrogens with two attached hydrogens (primary N) is 1. The summed E-state index contributed by atoms with van der Waals surface area (Å²) in [6, 6.07) is 2.08. The van der Waals surface area contributed by atoms with E-state index in [2.05, 4.69) is 4.98 Å². The van der Waals surface area contributed by atoms with Crippen LogP contribution in [0.3, 0.4) is 0 Å². The summed E-state index contributed by atoms with van der Waals surface area (Å²) in [6.07, 6.45) is 2.65. The third-order valence-electron chi connectivity index (χ3n) is 3.07. The zero-order chi connectivity index (χ0) is 11.3. The van der Waals surface area contributed by atoms with Crippen LogP contribution >= 0.6 is 0 Å². The maximum Gasteiger partial charge on any atom is 0.137 e. The molecule has 2 aromatic rings. The molecular formula is C12H10F2N2. The molecule has 0 atom stereocenters. The van der Waals surface area contributed by atoms with Gasteiger partial charge in [-0.25, -0.2) is 8.78 Å². The number of nitrogen functional groups attached to an aromatic ring is 1. The minimum absolute atomic E-state index is 0.252. The third-order valence-corrected chi connectivity index (χ3v) is 3.07. The lowest BCUT2D eigenvalue weighted by molar-refractivity contribution is 0.591. The van der Waals surface area contributed by atoms with Crippen LogP contribution in [0, 0.1) is 11.6 Å². The van der Waals surface area contributed by atoms with Crippen LogP contribution in [0.15, 0.2) is 12.1 Å². The van der Waals surface area contributed by atoms with Gasteiger partial charge in [0.15, 0.2) is 0 Å². The lowest BCUT2D eigenvalue weighted by Crippen LogP contribution is -2.00. The lowest BCUT2D eigenvalue weighted by Gasteiger charge is -2.08. The molecule has 1 aromatic heterocycles. The van der Waals surface area contributed by atoms with E-state index in [1.807, 2.05) is 0 Å². The summed E-state index contributed by atoms with van der Waals surface area (Å²) >= 11 is 0. The fourth-order valence-electron chi connectivity index (χ4n) is 2.35. The number of aryl methyl sites for hydroxylation is 1. The first kappa shape index (κ1) is 9.51. The van der Waals surface area contributed by atoms with Crippen LogP contribution in [-0.2, 0) is 12.8 Å². The lowest BCUT2D eigenvalue weighted by atomic mass is 10.1. The van der Waals surface area contributed by atoms with Crippen molar-refractivity contribution < 1.29 is 8.78 Å². The van der Waals surface area contributed by atoms with E-state index in [1.54, 1.807) is 0 Å². The van der Waals surface area contributed by atoms with Crippen molar-refractivity contribution in [3.8, 4) is 0 Å². The molecule has 0 radical (unpaired) electrons. The first-order valence-electron chi connectivity index (χ1n) is 5.23. The van der Waals surface area contributed by atoms with E-state index < -0.39 is 11.6 Å². The van der Waals surface area contributed by atoms with E-state index in [4.69, 9.17) is 5.73 Å². The van der Waals surface area contributed by atoms with E-state index in [1.165, 1.54) is 6.07 Å². The second-order valence-electron chi connectivity index (χ2n) is 4.09. The van der Waals surface area contributed by atoms with Gasteiger partial charge in [0.2, 0.25) is 0 Å². The van der Waals surface area contributed by atoms with Crippen molar-refractivity contribution in [2.24, 2.45) is 0 Å². The van der Waals surface area contributed by atoms with Crippen molar-refractivity contribution in [3.63, 3.8) is 0 Å². The van der Waals surface area contributed by atoms with Gasteiger partial charge in [0, 0.05) is 23.5 Å². The van der Waals surface area contributed by atoms with Crippen molar-refractivity contribution >= 4 is 16.6 Å². The monoisotopic (exact) mass is 220 g/mol. The van der Waals surface area contributed by atoms with E-state index in [0.29, 0.717) is 11.2 Å². The molecule has 2 N–H and O–H groups in total. The molecule has 0 saturated heterocycles. The fourth-order valence-corrected chi connectivity index (χ4v) is 2.35. The van der Waals surface area contributed by atoms with Crippen molar-refractivity contribution in [1.29, 1.82) is 0 Å². The topological polar surface area (TPSA) is 38.9 Å². The number of aromatic nitrogens is 1. The summed E-state index contributed by atoms with van der Waals surface area (Å²) in [5.74, 6) is -1.25. The Bertz CT molecular complexity index is 593. The minimum Gasteiger partial charge on any atom is -0.398 e. The molecule has 1 aliphatic rings. The third kappa shape index (κ3) is 1.19. The average molecular weight is 220 g/mol. The van der Waals surface area contributed by atoms with E-state index in [-0.39, 0.29) is 5.39 Å². The van der Waals surface area contributed by atoms with Gasteiger partial charge >= 0.3 is 0 Å². The van der Waals surface area contributed by atoms with Gasteiger partial charge in [-0.2, -0.15) is 0 Å². The molecule has 0 amide bonds. The molecule has 0 fully saturated rings. The number of anilines is 1. The van der Waals surface area contributed by atoms with Crippen LogP contribution < -0.4 is 5.73 Å². The summed E-state index contributed by atoms with van der Waals surface area (Å²) in [5, 5.41) is 0.252. The highest BCUT2D eigenvalue weighted by molar-refractivity contribution is 5.93. The van der Waals surface area contributed by atoms with Gasteiger partial charge in [0.25, 0.3) is 0 Å². The zero-order valence-corrected chi connectivity index (χ0v) is 8.56. The predicted octanol–water partition coefficient (Wildman–Crippen LogP) is 2.58. The summed E-state index contributed by atoms with van der Waals surface area (Å²) in [4.78, 5) is 4.28. The van der Waals surface area contributed by atoms with Crippen LogP contribution in [0.5, 0.6) is 0 Å². The number of hydrogen-bond acceptors (Lipinski definition) is 2. The van der Waals surface area contributed by atoms with Crippen molar-refractivity contribution in [2.75, 3.05) is 5.73 Å². The standard InChI is InChI=1S/C12H10F2N2/c13-6-4-8(14)11-10(5-6)16-9-3-1-2-7(9)12(11)15/h4-5H,1-3H2,(H2,15,16). The molecule has 82 valence electrons. The highest BCUT2D eigenvalue weighted by atomic mass is 19.1. The second-order valence-corrected chi connectivity index (χ2v) is 4.09. The normalized spacial score (nSPS) is 14.4. The first-order valence-corrected chi connectivity index (χ1v) is 5.23. The molecule has 1 aliphatic carbocycles. The van der Waals surface area contributed by atoms with Crippen LogP contribution in [0.4, 0.5) is 14.5 Å². The SMILES string of the molecule is Nc1c2c(nc3cc(F)cc(F)c13)CCC2. The quantitative estimate of drug-likeness (QED) is 0.741. The smallest absolute Gasteiger partial charge is 0.137 e. The largest absolute Gasteiger partial charge is 0.398 e. The Morgan fingerprint density at radius 2 is 2.00 bits per heavy atom. The second kappa shape index (κ2) is 3.14. The summed E-state index contributed by atoms with van der Waals surface area (Å²) in [5.41, 5.74) is 8.47. The molecule has 0 bridgehead atoms. The van der Waals surface area contributed by atoms with Crippen molar-refractivity contribution in [2.45, 2.75) is 19.3 Å². The Balaban J connectivity index is 2.46. The Labute approximate surface area is 91.1 Å². The van der Waals surface area contributed by atoms with Gasteiger partial charge in [0.1, 0.15) is 11.6 Å². The molecule has 3 rings (SSSR count). The Morgan fingerprint density at radius 3 is 2.81 bits per heavy atom. The number of hydrogen-bond donors (Lipinski definition) is 1. The van der Waals surface area contributed by atoms with Crippen LogP contribution in [-0.4, -0.2) is 4.98 Å². The zero-order valence-electron chi connectivity index (χ0n) is 8.56. The van der Waals surface area contributed by atoms with Gasteiger partial charge in [-0.05, 0) is 24.8 Å². The van der Waals surface area contributed by atoms with Crippen molar-refractivity contribution in [3.05, 3.63) is 35.0 Å². The molecule has 0 aliphatic heterocycles. The van der Waals surface area contributed by atoms with Gasteiger partial charge < -0.3 is 5.73 Å². The van der Waals surface area contributed by atoms with Gasteiger partial charge in [0.05, 0.1) is 10.9 Å². The average Bonchev–Trinajstić information content (AvgIpc) is 2.64. The predicted molar refractivity (Wildman–Crippen MR) is 58.1 cm³/mol. The maximum atomic E-state index is 13.6. The fraction of sp³-hybridized carbons (Fsp3) is 0.250. The van der Waals surface area contributed by atoms with E-state index in [9.17, 15) is 8.78 Å². The number of benzene rings is 1. The van der Waals surface area contributed by atoms with Gasteiger partial charge in [-0.3, -0.25) is 4.98 Å². The molecular weight excluding hydrogens is 210 g/mol. The number of nitrogens with zero attached hydrogens (tertiary/aromatic N) is 1. The molecule has 1 aromatic carbocycles. The highest BCUT2D eigenvalue weighted by Crippen LogP contribution is 2.33. The highest BCUT2D eigenvalue weighted by Gasteiger charge is 2.20. The molecule has 4 heteroatoms. The van der Waals surface area contributed by atoms with E-state index >= 15 is 0 Å². The summed E-state index contributed by atoms with van der Waals surface area (Å²) in [6.45, 7) is 0. The summed E-state index contributed by atoms with van der Waals surface area (Å²) in [7, 11) is 0. The Kier molecular flexibility index (Phi) is 1.87. The molecule has 0 unspecified atom stereocenters. The molecule has 1 heterocycles. The Hall–Kier alpha value is -1.71. The maximum absolute atomic E-state index is 13.6. The van der Waals surface area contributed by atoms with Gasteiger partial charge in [-0.1, -0.05) is 0 Å². The van der Waals surface area contributed by atoms with Crippen LogP contribution in [0.25, 0.3) is 10.9 Å². The van der Waals surface area contributed by atoms with Gasteiger partial charge in [-0.15, -0.1) is 0 Å². The Morgan fingerprint density at radius 1 is 1.19 bits per heavy atom. The van der Waals surface area contributed by atoms with E-state index in [0.717, 1.165) is 36.6 Å². The van der Waals surface area contributed by atoms with Crippen LogP contribution in [0.1, 0.15) is 17.7 Å². The number of fused-ring (bicyclic) bond motifs is 2. The number of pyridine rings is 1. The summed E-state index contributed by atoms with van der Waals surface area (Å²) < 4.78 is 26.7.